The van der Waals surface area contributed by atoms with Crippen LogP contribution < -0.4 is 5.32 Å². The smallest absolute Gasteiger partial charge is 0.303 e. The number of aliphatic carboxylic acids is 1. The molecular formula is C16H21ClFNO3. The minimum atomic E-state index is -1.00. The van der Waals surface area contributed by atoms with Gasteiger partial charge in [-0.1, -0.05) is 24.1 Å². The van der Waals surface area contributed by atoms with E-state index in [1.807, 2.05) is 0 Å². The van der Waals surface area contributed by atoms with Crippen molar-refractivity contribution in [2.45, 2.75) is 44.9 Å². The van der Waals surface area contributed by atoms with Crippen LogP contribution in [0.2, 0.25) is 5.02 Å². The largest absolute Gasteiger partial charge is 0.481 e. The zero-order valence-corrected chi connectivity index (χ0v) is 13.5. The van der Waals surface area contributed by atoms with Gasteiger partial charge in [-0.15, -0.1) is 0 Å². The molecule has 1 rings (SSSR count). The lowest BCUT2D eigenvalue weighted by atomic mass is 9.83. The van der Waals surface area contributed by atoms with Gasteiger partial charge in [0.05, 0.1) is 5.41 Å². The number of hydrogen-bond acceptors (Lipinski definition) is 2. The average molecular weight is 330 g/mol. The molecule has 0 atom stereocenters. The van der Waals surface area contributed by atoms with Gasteiger partial charge in [-0.25, -0.2) is 4.39 Å². The van der Waals surface area contributed by atoms with Crippen molar-refractivity contribution in [3.63, 3.8) is 0 Å². The molecule has 6 heteroatoms. The van der Waals surface area contributed by atoms with E-state index < -0.39 is 17.2 Å². The van der Waals surface area contributed by atoms with E-state index in [4.69, 9.17) is 16.7 Å². The first-order valence-corrected chi connectivity index (χ1v) is 7.58. The number of rotatable bonds is 8. The molecule has 0 saturated heterocycles. The minimum absolute atomic E-state index is 0.134. The summed E-state index contributed by atoms with van der Waals surface area (Å²) in [4.78, 5) is 22.6. The Morgan fingerprint density at radius 2 is 1.95 bits per heavy atom. The molecule has 0 aromatic heterocycles. The molecule has 0 radical (unpaired) electrons. The summed E-state index contributed by atoms with van der Waals surface area (Å²) in [6.45, 7) is 3.75. The van der Waals surface area contributed by atoms with Gasteiger partial charge in [0.15, 0.2) is 0 Å². The van der Waals surface area contributed by atoms with Gasteiger partial charge in [0.25, 0.3) is 0 Å². The number of carboxylic acid groups (broad SMARTS) is 1. The maximum absolute atomic E-state index is 14.0. The highest BCUT2D eigenvalue weighted by atomic mass is 35.5. The van der Waals surface area contributed by atoms with Crippen molar-refractivity contribution in [2.75, 3.05) is 6.54 Å². The number of hydrogen-bond donors (Lipinski definition) is 2. The molecule has 0 saturated carbocycles. The van der Waals surface area contributed by atoms with Gasteiger partial charge in [0.1, 0.15) is 5.82 Å². The highest BCUT2D eigenvalue weighted by Crippen LogP contribution is 2.28. The molecule has 22 heavy (non-hydrogen) atoms. The summed E-state index contributed by atoms with van der Waals surface area (Å²) in [6, 6.07) is 4.27. The zero-order chi connectivity index (χ0) is 16.8. The molecule has 0 aliphatic heterocycles. The van der Waals surface area contributed by atoms with Gasteiger partial charge in [-0.2, -0.15) is 0 Å². The van der Waals surface area contributed by atoms with E-state index in [9.17, 15) is 14.0 Å². The summed E-state index contributed by atoms with van der Waals surface area (Å²) >= 11 is 5.72. The van der Waals surface area contributed by atoms with Crippen LogP contribution in [0.5, 0.6) is 0 Å². The lowest BCUT2D eigenvalue weighted by Gasteiger charge is -2.24. The van der Waals surface area contributed by atoms with Crippen molar-refractivity contribution in [3.05, 3.63) is 34.6 Å². The van der Waals surface area contributed by atoms with E-state index in [1.165, 1.54) is 12.1 Å². The second-order valence-electron chi connectivity index (χ2n) is 5.71. The van der Waals surface area contributed by atoms with E-state index in [0.717, 1.165) is 6.42 Å². The molecule has 0 spiro atoms. The Bertz CT molecular complexity index is 546. The molecule has 122 valence electrons. The Morgan fingerprint density at radius 3 is 2.55 bits per heavy atom. The second-order valence-corrected chi connectivity index (χ2v) is 6.15. The summed E-state index contributed by atoms with van der Waals surface area (Å²) in [5.74, 6) is -1.59. The quantitative estimate of drug-likeness (QED) is 0.717. The SMILES string of the molecule is CC(C)(C(=O)NCCCCCC(=O)O)c1ccc(Cl)cc1F. The lowest BCUT2D eigenvalue weighted by Crippen LogP contribution is -2.41. The number of unbranched alkanes of at least 4 members (excludes halogenated alkanes) is 2. The number of amides is 1. The van der Waals surface area contributed by atoms with Crippen LogP contribution in [0.25, 0.3) is 0 Å². The Hall–Kier alpha value is -1.62. The van der Waals surface area contributed by atoms with Crippen molar-refractivity contribution in [2.24, 2.45) is 0 Å². The molecule has 0 unspecified atom stereocenters. The van der Waals surface area contributed by atoms with Crippen molar-refractivity contribution >= 4 is 23.5 Å². The van der Waals surface area contributed by atoms with Crippen molar-refractivity contribution < 1.29 is 19.1 Å². The molecule has 1 amide bonds. The maximum Gasteiger partial charge on any atom is 0.303 e. The molecule has 2 N–H and O–H groups in total. The first-order valence-electron chi connectivity index (χ1n) is 7.20. The normalized spacial score (nSPS) is 11.3. The fourth-order valence-corrected chi connectivity index (χ4v) is 2.28. The lowest BCUT2D eigenvalue weighted by molar-refractivity contribution is -0.137. The molecule has 0 fully saturated rings. The Morgan fingerprint density at radius 1 is 1.27 bits per heavy atom. The van der Waals surface area contributed by atoms with Crippen LogP contribution in [-0.4, -0.2) is 23.5 Å². The van der Waals surface area contributed by atoms with Crippen LogP contribution >= 0.6 is 11.6 Å². The van der Waals surface area contributed by atoms with Gasteiger partial charge in [0, 0.05) is 23.6 Å². The van der Waals surface area contributed by atoms with E-state index in [1.54, 1.807) is 19.9 Å². The van der Waals surface area contributed by atoms with Crippen LogP contribution in [0.15, 0.2) is 18.2 Å². The highest BCUT2D eigenvalue weighted by molar-refractivity contribution is 6.30. The standard InChI is InChI=1S/C16H21ClFNO3/c1-16(2,12-8-7-11(17)10-13(12)18)15(22)19-9-5-3-4-6-14(20)21/h7-8,10H,3-6,9H2,1-2H3,(H,19,22)(H,20,21). The molecular weight excluding hydrogens is 309 g/mol. The number of halogens is 2. The van der Waals surface area contributed by atoms with Crippen LogP contribution in [0.3, 0.4) is 0 Å². The Kier molecular flexibility index (Phi) is 6.81. The van der Waals surface area contributed by atoms with Crippen LogP contribution in [0.1, 0.15) is 45.1 Å². The topological polar surface area (TPSA) is 66.4 Å². The highest BCUT2D eigenvalue weighted by Gasteiger charge is 2.32. The average Bonchev–Trinajstić information content (AvgIpc) is 2.41. The third-order valence-electron chi connectivity index (χ3n) is 3.53. The maximum atomic E-state index is 14.0. The van der Waals surface area contributed by atoms with Gasteiger partial charge in [-0.3, -0.25) is 9.59 Å². The van der Waals surface area contributed by atoms with Gasteiger partial charge in [0.2, 0.25) is 5.91 Å². The molecule has 1 aromatic rings. The molecule has 1 aromatic carbocycles. The molecule has 0 aliphatic rings. The fourth-order valence-electron chi connectivity index (χ4n) is 2.12. The zero-order valence-electron chi connectivity index (χ0n) is 12.8. The summed E-state index contributed by atoms with van der Waals surface area (Å²) in [6.07, 6.45) is 2.14. The predicted molar refractivity (Wildman–Crippen MR) is 83.5 cm³/mol. The van der Waals surface area contributed by atoms with E-state index in [2.05, 4.69) is 5.32 Å². The Balaban J connectivity index is 2.51. The van der Waals surface area contributed by atoms with Gasteiger partial charge < -0.3 is 10.4 Å². The first kappa shape index (κ1) is 18.4. The van der Waals surface area contributed by atoms with Gasteiger partial charge >= 0.3 is 5.97 Å². The molecule has 0 heterocycles. The molecule has 4 nitrogen and oxygen atoms in total. The minimum Gasteiger partial charge on any atom is -0.481 e. The van der Waals surface area contributed by atoms with Crippen molar-refractivity contribution in [3.8, 4) is 0 Å². The predicted octanol–water partition coefficient (Wildman–Crippen LogP) is 3.52. The number of carbonyl (C=O) groups is 2. The number of carboxylic acids is 1. The van der Waals surface area contributed by atoms with E-state index in [-0.39, 0.29) is 17.4 Å². The monoisotopic (exact) mass is 329 g/mol. The summed E-state index contributed by atoms with van der Waals surface area (Å²) < 4.78 is 14.0. The van der Waals surface area contributed by atoms with Crippen LogP contribution in [0, 0.1) is 5.82 Å². The van der Waals surface area contributed by atoms with Crippen LogP contribution in [-0.2, 0) is 15.0 Å². The second kappa shape index (κ2) is 8.13. The number of benzene rings is 1. The fraction of sp³-hybridized carbons (Fsp3) is 0.500. The number of carbonyl (C=O) groups excluding carboxylic acids is 1. The Labute approximate surface area is 134 Å². The summed E-state index contributed by atoms with van der Waals surface area (Å²) in [7, 11) is 0. The van der Waals surface area contributed by atoms with E-state index in [0.29, 0.717) is 24.9 Å². The molecule has 0 aliphatic carbocycles. The third-order valence-corrected chi connectivity index (χ3v) is 3.76. The van der Waals surface area contributed by atoms with Crippen molar-refractivity contribution in [1.29, 1.82) is 0 Å². The summed E-state index contributed by atoms with van der Waals surface area (Å²) in [5.41, 5.74) is -0.712. The third kappa shape index (κ3) is 5.30. The van der Waals surface area contributed by atoms with Crippen molar-refractivity contribution in [1.82, 2.24) is 5.32 Å². The summed E-state index contributed by atoms with van der Waals surface area (Å²) in [5, 5.41) is 11.6. The van der Waals surface area contributed by atoms with Crippen LogP contribution in [0.4, 0.5) is 4.39 Å². The number of nitrogens with one attached hydrogen (secondary N) is 1. The molecule has 0 bridgehead atoms. The van der Waals surface area contributed by atoms with Gasteiger partial charge in [-0.05, 0) is 38.8 Å². The first-order chi connectivity index (χ1) is 10.2. The van der Waals surface area contributed by atoms with E-state index >= 15 is 0 Å².